The van der Waals surface area contributed by atoms with Gasteiger partial charge in [-0.1, -0.05) is 30.3 Å². The van der Waals surface area contributed by atoms with Crippen LogP contribution >= 0.6 is 11.3 Å². The Morgan fingerprint density at radius 2 is 1.89 bits per heavy atom. The quantitative estimate of drug-likeness (QED) is 0.534. The Morgan fingerprint density at radius 3 is 2.68 bits per heavy atom. The summed E-state index contributed by atoms with van der Waals surface area (Å²) in [5, 5.41) is 9.40. The molecule has 0 fully saturated rings. The third kappa shape index (κ3) is 3.07. The van der Waals surface area contributed by atoms with E-state index in [1.807, 2.05) is 35.9 Å². The molecular formula is C22H23N5S. The summed E-state index contributed by atoms with van der Waals surface area (Å²) in [7, 11) is 0. The third-order valence-corrected chi connectivity index (χ3v) is 6.49. The van der Waals surface area contributed by atoms with Crippen LogP contribution in [0.25, 0.3) is 16.2 Å². The van der Waals surface area contributed by atoms with Gasteiger partial charge in [0.1, 0.15) is 10.6 Å². The molecule has 1 N–H and O–H groups in total. The second-order valence-electron chi connectivity index (χ2n) is 7.44. The SMILES string of the molecule is Cc1cc(C)n(-c2nc(NCc3ccccc3)c3c4c(sc3n2)CCCC4)n1. The van der Waals surface area contributed by atoms with Crippen molar-refractivity contribution in [2.75, 3.05) is 5.32 Å². The second kappa shape index (κ2) is 7.02. The summed E-state index contributed by atoms with van der Waals surface area (Å²) in [4.78, 5) is 12.4. The molecule has 0 spiro atoms. The van der Waals surface area contributed by atoms with E-state index in [2.05, 4.69) is 40.7 Å². The van der Waals surface area contributed by atoms with Gasteiger partial charge in [-0.3, -0.25) is 0 Å². The van der Waals surface area contributed by atoms with Crippen LogP contribution < -0.4 is 5.32 Å². The zero-order chi connectivity index (χ0) is 19.1. The summed E-state index contributed by atoms with van der Waals surface area (Å²) in [6.45, 7) is 4.79. The van der Waals surface area contributed by atoms with Crippen molar-refractivity contribution in [1.29, 1.82) is 0 Å². The fraction of sp³-hybridized carbons (Fsp3) is 0.318. The Morgan fingerprint density at radius 1 is 1.07 bits per heavy atom. The van der Waals surface area contributed by atoms with Crippen molar-refractivity contribution in [2.45, 2.75) is 46.1 Å². The standard InChI is InChI=1S/C22H23N5S/c1-14-12-15(2)27(26-14)22-24-20(23-13-16-8-4-3-5-9-16)19-17-10-6-7-11-18(17)28-21(19)25-22/h3-5,8-9,12H,6-7,10-11,13H2,1-2H3,(H,23,24,25). The number of rotatable bonds is 4. The molecule has 0 saturated heterocycles. The fourth-order valence-corrected chi connectivity index (χ4v) is 5.24. The summed E-state index contributed by atoms with van der Waals surface area (Å²) >= 11 is 1.82. The zero-order valence-corrected chi connectivity index (χ0v) is 17.0. The van der Waals surface area contributed by atoms with Crippen molar-refractivity contribution < 1.29 is 0 Å². The highest BCUT2D eigenvalue weighted by Crippen LogP contribution is 2.39. The molecule has 6 heteroatoms. The van der Waals surface area contributed by atoms with Crippen molar-refractivity contribution in [3.05, 3.63) is 63.8 Å². The van der Waals surface area contributed by atoms with E-state index in [9.17, 15) is 0 Å². The Labute approximate surface area is 168 Å². The highest BCUT2D eigenvalue weighted by atomic mass is 32.1. The second-order valence-corrected chi connectivity index (χ2v) is 8.52. The van der Waals surface area contributed by atoms with Crippen LogP contribution in [0.4, 0.5) is 5.82 Å². The van der Waals surface area contributed by atoms with Crippen LogP contribution in [0, 0.1) is 13.8 Å². The van der Waals surface area contributed by atoms with Gasteiger partial charge in [0.25, 0.3) is 5.95 Å². The summed E-state index contributed by atoms with van der Waals surface area (Å²) in [5.74, 6) is 1.57. The maximum Gasteiger partial charge on any atom is 0.254 e. The van der Waals surface area contributed by atoms with E-state index in [1.165, 1.54) is 34.2 Å². The first-order valence-corrected chi connectivity index (χ1v) is 10.6. The van der Waals surface area contributed by atoms with Crippen LogP contribution in [0.5, 0.6) is 0 Å². The first kappa shape index (κ1) is 17.4. The Balaban J connectivity index is 1.64. The Bertz CT molecular complexity index is 1140. The number of aromatic nitrogens is 4. The first-order chi connectivity index (χ1) is 13.7. The number of benzene rings is 1. The lowest BCUT2D eigenvalue weighted by molar-refractivity contribution is 0.700. The van der Waals surface area contributed by atoms with Gasteiger partial charge in [0.05, 0.1) is 11.1 Å². The molecule has 0 radical (unpaired) electrons. The van der Waals surface area contributed by atoms with Crippen molar-refractivity contribution in [3.8, 4) is 5.95 Å². The molecule has 3 aromatic heterocycles. The van der Waals surface area contributed by atoms with Crippen molar-refractivity contribution in [3.63, 3.8) is 0 Å². The average Bonchev–Trinajstić information content (AvgIpc) is 3.25. The van der Waals surface area contributed by atoms with Crippen LogP contribution in [0.3, 0.4) is 0 Å². The average molecular weight is 390 g/mol. The van der Waals surface area contributed by atoms with Crippen LogP contribution in [0.1, 0.15) is 40.2 Å². The van der Waals surface area contributed by atoms with Gasteiger partial charge < -0.3 is 5.32 Å². The summed E-state index contributed by atoms with van der Waals surface area (Å²) in [6, 6.07) is 12.5. The van der Waals surface area contributed by atoms with E-state index in [4.69, 9.17) is 9.97 Å². The minimum absolute atomic E-state index is 0.646. The molecule has 5 rings (SSSR count). The monoisotopic (exact) mass is 389 g/mol. The lowest BCUT2D eigenvalue weighted by atomic mass is 9.97. The van der Waals surface area contributed by atoms with Gasteiger partial charge >= 0.3 is 0 Å². The highest BCUT2D eigenvalue weighted by Gasteiger charge is 2.22. The number of nitrogens with zero attached hydrogens (tertiary/aromatic N) is 4. The number of fused-ring (bicyclic) bond motifs is 3. The lowest BCUT2D eigenvalue weighted by Gasteiger charge is -2.13. The molecule has 1 aromatic carbocycles. The van der Waals surface area contributed by atoms with Crippen LogP contribution in [0.2, 0.25) is 0 Å². The number of nitrogens with one attached hydrogen (secondary N) is 1. The number of hydrogen-bond donors (Lipinski definition) is 1. The zero-order valence-electron chi connectivity index (χ0n) is 16.2. The van der Waals surface area contributed by atoms with E-state index in [-0.39, 0.29) is 0 Å². The molecule has 142 valence electrons. The molecule has 0 amide bonds. The molecule has 3 heterocycles. The van der Waals surface area contributed by atoms with Crippen molar-refractivity contribution >= 4 is 27.4 Å². The molecule has 0 aliphatic heterocycles. The number of hydrogen-bond acceptors (Lipinski definition) is 5. The molecule has 0 unspecified atom stereocenters. The molecule has 5 nitrogen and oxygen atoms in total. The summed E-state index contributed by atoms with van der Waals surface area (Å²) < 4.78 is 1.85. The summed E-state index contributed by atoms with van der Waals surface area (Å²) in [6.07, 6.45) is 4.79. The van der Waals surface area contributed by atoms with Crippen molar-refractivity contribution in [2.24, 2.45) is 0 Å². The van der Waals surface area contributed by atoms with Gasteiger partial charge in [0.2, 0.25) is 0 Å². The molecular weight excluding hydrogens is 366 g/mol. The first-order valence-electron chi connectivity index (χ1n) is 9.83. The largest absolute Gasteiger partial charge is 0.365 e. The molecule has 4 aromatic rings. The molecule has 0 saturated carbocycles. The van der Waals surface area contributed by atoms with E-state index < -0.39 is 0 Å². The Kier molecular flexibility index (Phi) is 4.36. The fourth-order valence-electron chi connectivity index (χ4n) is 3.98. The predicted molar refractivity (Wildman–Crippen MR) is 114 cm³/mol. The van der Waals surface area contributed by atoms with Gasteiger partial charge in [-0.25, -0.2) is 4.68 Å². The Hall–Kier alpha value is -2.73. The smallest absolute Gasteiger partial charge is 0.254 e. The minimum atomic E-state index is 0.646. The van der Waals surface area contributed by atoms with E-state index in [0.717, 1.165) is 41.4 Å². The van der Waals surface area contributed by atoms with Gasteiger partial charge in [-0.15, -0.1) is 11.3 Å². The maximum atomic E-state index is 4.93. The lowest BCUT2D eigenvalue weighted by Crippen LogP contribution is -2.09. The number of aryl methyl sites for hydroxylation is 4. The van der Waals surface area contributed by atoms with Gasteiger partial charge in [-0.2, -0.15) is 15.1 Å². The normalized spacial score (nSPS) is 13.6. The molecule has 1 aliphatic rings. The maximum absolute atomic E-state index is 4.93. The van der Waals surface area contributed by atoms with Gasteiger partial charge in [0, 0.05) is 17.1 Å². The van der Waals surface area contributed by atoms with E-state index in [1.54, 1.807) is 0 Å². The number of anilines is 1. The van der Waals surface area contributed by atoms with Gasteiger partial charge in [0.15, 0.2) is 0 Å². The van der Waals surface area contributed by atoms with Crippen LogP contribution in [-0.4, -0.2) is 19.7 Å². The molecule has 28 heavy (non-hydrogen) atoms. The van der Waals surface area contributed by atoms with Gasteiger partial charge in [-0.05, 0) is 56.7 Å². The third-order valence-electron chi connectivity index (χ3n) is 5.30. The minimum Gasteiger partial charge on any atom is -0.365 e. The van der Waals surface area contributed by atoms with Crippen LogP contribution in [0.15, 0.2) is 36.4 Å². The van der Waals surface area contributed by atoms with E-state index in [0.29, 0.717) is 5.95 Å². The molecule has 0 atom stereocenters. The topological polar surface area (TPSA) is 55.6 Å². The highest BCUT2D eigenvalue weighted by molar-refractivity contribution is 7.19. The predicted octanol–water partition coefficient (Wildman–Crippen LogP) is 4.98. The van der Waals surface area contributed by atoms with Crippen molar-refractivity contribution in [1.82, 2.24) is 19.7 Å². The molecule has 0 bridgehead atoms. The number of thiophene rings is 1. The molecule has 1 aliphatic carbocycles. The summed E-state index contributed by atoms with van der Waals surface area (Å²) in [5.41, 5.74) is 4.71. The van der Waals surface area contributed by atoms with Crippen LogP contribution in [-0.2, 0) is 19.4 Å². The van der Waals surface area contributed by atoms with E-state index >= 15 is 0 Å².